The van der Waals surface area contributed by atoms with Gasteiger partial charge in [0.1, 0.15) is 5.78 Å². The molecule has 11 nitrogen and oxygen atoms in total. The first-order valence-electron chi connectivity index (χ1n) is 18.9. The van der Waals surface area contributed by atoms with Crippen molar-refractivity contribution in [3.8, 4) is 22.6 Å². The van der Waals surface area contributed by atoms with E-state index in [2.05, 4.69) is 15.3 Å². The number of aryl methyl sites for hydroxylation is 3. The van der Waals surface area contributed by atoms with Crippen LogP contribution in [-0.2, 0) is 27.2 Å². The van der Waals surface area contributed by atoms with Crippen molar-refractivity contribution in [2.24, 2.45) is 0 Å². The number of rotatable bonds is 12. The molecular formula is C44H50N4O7. The fourth-order valence-corrected chi connectivity index (χ4v) is 7.09. The molecule has 4 heterocycles. The van der Waals surface area contributed by atoms with E-state index >= 15 is 0 Å². The number of aliphatic hydroxyl groups is 1. The maximum atomic E-state index is 12.9. The third kappa shape index (κ3) is 10.9. The number of hydrogen-bond acceptors (Lipinski definition) is 10. The maximum Gasteiger partial charge on any atom is 0.254 e. The number of aliphatic hydroxyl groups excluding tert-OH is 1. The summed E-state index contributed by atoms with van der Waals surface area (Å²) in [6, 6.07) is 22.5. The van der Waals surface area contributed by atoms with Gasteiger partial charge in [0.05, 0.1) is 42.3 Å². The summed E-state index contributed by atoms with van der Waals surface area (Å²) >= 11 is 0. The number of carbonyl (C=O) groups is 3. The maximum absolute atomic E-state index is 12.9. The molecule has 2 N–H and O–H groups in total. The Bertz CT molecular complexity index is 2000. The number of Topliss-reactive ketones (excluding diaryl/α,β-unsaturated/α-hetero) is 2. The summed E-state index contributed by atoms with van der Waals surface area (Å²) in [4.78, 5) is 47.6. The molecule has 55 heavy (non-hydrogen) atoms. The topological polar surface area (TPSA) is 148 Å². The summed E-state index contributed by atoms with van der Waals surface area (Å²) in [7, 11) is 0. The number of β-amino-alcohol motifs (C(OH)–C–C–N with tert-alkyl or cyclic N) is 1. The lowest BCUT2D eigenvalue weighted by atomic mass is 10.00. The molecule has 0 unspecified atom stereocenters. The van der Waals surface area contributed by atoms with Crippen molar-refractivity contribution in [3.63, 3.8) is 0 Å². The zero-order valence-corrected chi connectivity index (χ0v) is 31.9. The van der Waals surface area contributed by atoms with Crippen molar-refractivity contribution in [3.05, 3.63) is 120 Å². The van der Waals surface area contributed by atoms with Gasteiger partial charge in [0, 0.05) is 49.0 Å². The second kappa shape index (κ2) is 17.9. The number of ketones is 2. The normalized spacial score (nSPS) is 19.5. The summed E-state index contributed by atoms with van der Waals surface area (Å²) in [6.07, 6.45) is 8.86. The Hall–Kier alpha value is -5.23. The summed E-state index contributed by atoms with van der Waals surface area (Å²) in [5, 5.41) is 13.4. The SMILES string of the molecule is CC(C)(C)O[C@H]1CN[C@H](C(=O)CCc2ccc(-c3cnco3)cc2)C1.Cc1cccc(C(=O)N2C[C@H](O)C[C@H]2C(=O)CCc2ccc(-c3cnco3)cc2)c1. The number of benzene rings is 3. The van der Waals surface area contributed by atoms with Crippen LogP contribution in [0.2, 0.25) is 0 Å². The Morgan fingerprint density at radius 2 is 1.42 bits per heavy atom. The molecule has 2 aliphatic rings. The molecule has 288 valence electrons. The van der Waals surface area contributed by atoms with Crippen molar-refractivity contribution in [2.75, 3.05) is 13.1 Å². The number of carbonyl (C=O) groups excluding carboxylic acids is 3. The smallest absolute Gasteiger partial charge is 0.254 e. The van der Waals surface area contributed by atoms with Gasteiger partial charge in [-0.3, -0.25) is 14.4 Å². The van der Waals surface area contributed by atoms with Gasteiger partial charge >= 0.3 is 0 Å². The number of likely N-dealkylation sites (tertiary alicyclic amines) is 1. The molecule has 7 rings (SSSR count). The minimum absolute atomic E-state index is 0.0214. The fourth-order valence-electron chi connectivity index (χ4n) is 7.09. The number of aromatic nitrogens is 2. The van der Waals surface area contributed by atoms with Gasteiger partial charge in [-0.05, 0) is 70.2 Å². The number of oxazole rings is 2. The Kier molecular flexibility index (Phi) is 12.9. The molecule has 2 aromatic heterocycles. The third-order valence-corrected chi connectivity index (χ3v) is 9.84. The van der Waals surface area contributed by atoms with Crippen molar-refractivity contribution in [1.29, 1.82) is 0 Å². The predicted molar refractivity (Wildman–Crippen MR) is 208 cm³/mol. The largest absolute Gasteiger partial charge is 0.444 e. The molecule has 1 amide bonds. The van der Waals surface area contributed by atoms with E-state index in [0.29, 0.717) is 37.0 Å². The van der Waals surface area contributed by atoms with E-state index in [9.17, 15) is 19.5 Å². The van der Waals surface area contributed by atoms with Crippen molar-refractivity contribution in [2.45, 2.75) is 96.1 Å². The average Bonchev–Trinajstić information content (AvgIpc) is 4.01. The molecule has 11 heteroatoms. The molecule has 2 fully saturated rings. The lowest BCUT2D eigenvalue weighted by molar-refractivity contribution is -0.123. The summed E-state index contributed by atoms with van der Waals surface area (Å²) in [5.41, 5.74) is 5.46. The Morgan fingerprint density at radius 3 is 1.95 bits per heavy atom. The number of amides is 1. The van der Waals surface area contributed by atoms with Crippen LogP contribution in [0.1, 0.15) is 73.5 Å². The van der Waals surface area contributed by atoms with Gasteiger partial charge in [0.25, 0.3) is 5.91 Å². The second-order valence-electron chi connectivity index (χ2n) is 15.3. The molecule has 2 aliphatic heterocycles. The van der Waals surface area contributed by atoms with E-state index in [1.54, 1.807) is 18.5 Å². The van der Waals surface area contributed by atoms with Gasteiger partial charge in [-0.15, -0.1) is 0 Å². The first-order chi connectivity index (χ1) is 26.4. The van der Waals surface area contributed by atoms with Gasteiger partial charge in [0.2, 0.25) is 0 Å². The lowest BCUT2D eigenvalue weighted by Crippen LogP contribution is -2.40. The highest BCUT2D eigenvalue weighted by molar-refractivity contribution is 5.98. The first kappa shape index (κ1) is 39.5. The molecule has 4 atom stereocenters. The number of hydrogen-bond donors (Lipinski definition) is 2. The fraction of sp³-hybridized carbons (Fsp3) is 0.386. The summed E-state index contributed by atoms with van der Waals surface area (Å²) in [6.45, 7) is 9.00. The first-order valence-corrected chi connectivity index (χ1v) is 18.9. The van der Waals surface area contributed by atoms with E-state index in [1.165, 1.54) is 17.7 Å². The highest BCUT2D eigenvalue weighted by Crippen LogP contribution is 2.25. The van der Waals surface area contributed by atoms with Crippen LogP contribution < -0.4 is 5.32 Å². The molecule has 0 saturated carbocycles. The van der Waals surface area contributed by atoms with E-state index in [4.69, 9.17) is 13.6 Å². The third-order valence-electron chi connectivity index (χ3n) is 9.84. The number of nitrogens with one attached hydrogen (secondary N) is 1. The molecular weight excluding hydrogens is 697 g/mol. The van der Waals surface area contributed by atoms with Crippen LogP contribution in [-0.4, -0.2) is 80.4 Å². The highest BCUT2D eigenvalue weighted by Gasteiger charge is 2.38. The van der Waals surface area contributed by atoms with Crippen LogP contribution >= 0.6 is 0 Å². The van der Waals surface area contributed by atoms with Gasteiger partial charge < -0.3 is 28.9 Å². The Balaban J connectivity index is 0.000000190. The van der Waals surface area contributed by atoms with Crippen LogP contribution in [0.5, 0.6) is 0 Å². The minimum atomic E-state index is -0.672. The number of nitrogens with zero attached hydrogens (tertiary/aromatic N) is 3. The van der Waals surface area contributed by atoms with Crippen molar-refractivity contribution in [1.82, 2.24) is 20.2 Å². The molecule has 0 aliphatic carbocycles. The van der Waals surface area contributed by atoms with E-state index in [1.807, 2.05) is 94.4 Å². The predicted octanol–water partition coefficient (Wildman–Crippen LogP) is 6.82. The highest BCUT2D eigenvalue weighted by atomic mass is 16.5. The van der Waals surface area contributed by atoms with Crippen LogP contribution in [0.3, 0.4) is 0 Å². The van der Waals surface area contributed by atoms with E-state index in [-0.39, 0.29) is 41.8 Å². The molecule has 2 saturated heterocycles. The molecule has 5 aromatic rings. The van der Waals surface area contributed by atoms with E-state index in [0.717, 1.165) is 53.0 Å². The summed E-state index contributed by atoms with van der Waals surface area (Å²) in [5.74, 6) is 1.49. The lowest BCUT2D eigenvalue weighted by Gasteiger charge is -2.24. The minimum Gasteiger partial charge on any atom is -0.444 e. The van der Waals surface area contributed by atoms with Crippen LogP contribution in [0.25, 0.3) is 22.6 Å². The summed E-state index contributed by atoms with van der Waals surface area (Å²) < 4.78 is 16.5. The zero-order valence-electron chi connectivity index (χ0n) is 31.9. The standard InChI is InChI=1S/C24H24N2O4.C20H26N2O3/c1-16-3-2-4-19(11-16)24(29)26-14-20(27)12-21(26)22(28)10-7-17-5-8-18(9-6-17)23-13-25-15-30-23;1-20(2,3)25-16-10-17(22-11-16)18(23)9-6-14-4-7-15(8-5-14)19-12-21-13-24-19/h2-6,8-9,11,13,15,20-21,27H,7,10,12,14H2,1H3;4-5,7-8,12-13,16-17,22H,6,9-11H2,1-3H3/t20-,21+;16-,17+/m11/s1. The van der Waals surface area contributed by atoms with Gasteiger partial charge in [-0.1, -0.05) is 66.2 Å². The molecule has 0 radical (unpaired) electrons. The van der Waals surface area contributed by atoms with Crippen LogP contribution in [0.15, 0.2) is 107 Å². The van der Waals surface area contributed by atoms with Crippen LogP contribution in [0, 0.1) is 6.92 Å². The molecule has 3 aromatic carbocycles. The second-order valence-corrected chi connectivity index (χ2v) is 15.3. The number of ether oxygens (including phenoxy) is 1. The van der Waals surface area contributed by atoms with Gasteiger partial charge in [0.15, 0.2) is 30.1 Å². The molecule has 0 spiro atoms. The average molecular weight is 747 g/mol. The Labute approximate surface area is 322 Å². The zero-order chi connectivity index (χ0) is 39.0. The van der Waals surface area contributed by atoms with E-state index < -0.39 is 12.1 Å². The van der Waals surface area contributed by atoms with Gasteiger partial charge in [-0.25, -0.2) is 9.97 Å². The van der Waals surface area contributed by atoms with Crippen molar-refractivity contribution < 1.29 is 33.1 Å². The monoisotopic (exact) mass is 746 g/mol. The quantitative estimate of drug-likeness (QED) is 0.139. The molecule has 0 bridgehead atoms. The van der Waals surface area contributed by atoms with Crippen LogP contribution in [0.4, 0.5) is 0 Å². The van der Waals surface area contributed by atoms with Crippen molar-refractivity contribution >= 4 is 17.5 Å². The van der Waals surface area contributed by atoms with Gasteiger partial charge in [-0.2, -0.15) is 0 Å². The Morgan fingerprint density at radius 1 is 0.836 bits per heavy atom.